The number of aryl methyl sites for hydroxylation is 1. The summed E-state index contributed by atoms with van der Waals surface area (Å²) < 4.78 is 0. The molecule has 1 heterocycles. The second kappa shape index (κ2) is 8.13. The molecule has 9 nitrogen and oxygen atoms in total. The van der Waals surface area contributed by atoms with Gasteiger partial charge in [0.05, 0.1) is 21.5 Å². The molecule has 3 rings (SSSR count). The maximum absolute atomic E-state index is 12.7. The molecule has 0 aliphatic carbocycles. The van der Waals surface area contributed by atoms with Gasteiger partial charge in [0.25, 0.3) is 17.3 Å². The summed E-state index contributed by atoms with van der Waals surface area (Å²) in [5, 5.41) is 22.0. The van der Waals surface area contributed by atoms with Gasteiger partial charge in [-0.2, -0.15) is 0 Å². The van der Waals surface area contributed by atoms with Crippen LogP contribution in [0.25, 0.3) is 0 Å². The maximum Gasteiger partial charge on any atom is 0.277 e. The van der Waals surface area contributed by atoms with Gasteiger partial charge < -0.3 is 4.90 Å². The fraction of sp³-hybridized carbons (Fsp3) is 0.316. The van der Waals surface area contributed by atoms with Crippen LogP contribution in [0.3, 0.4) is 0 Å². The van der Waals surface area contributed by atoms with Crippen LogP contribution in [-0.2, 0) is 6.54 Å². The zero-order chi connectivity index (χ0) is 20.3. The molecule has 1 amide bonds. The van der Waals surface area contributed by atoms with Crippen molar-refractivity contribution in [3.05, 3.63) is 79.4 Å². The van der Waals surface area contributed by atoms with E-state index in [9.17, 15) is 25.0 Å². The number of benzene rings is 2. The van der Waals surface area contributed by atoms with Gasteiger partial charge in [0.1, 0.15) is 0 Å². The van der Waals surface area contributed by atoms with E-state index in [4.69, 9.17) is 0 Å². The third-order valence-electron chi connectivity index (χ3n) is 4.89. The van der Waals surface area contributed by atoms with Crippen molar-refractivity contribution in [1.29, 1.82) is 0 Å². The molecular formula is C19H20N4O5. The molecule has 1 saturated heterocycles. The number of rotatable bonds is 5. The molecule has 0 aromatic heterocycles. The minimum atomic E-state index is -0.732. The number of hydrogen-bond acceptors (Lipinski definition) is 6. The van der Waals surface area contributed by atoms with Gasteiger partial charge in [0.2, 0.25) is 0 Å². The number of piperazine rings is 1. The maximum atomic E-state index is 12.7. The van der Waals surface area contributed by atoms with E-state index in [1.807, 2.05) is 12.1 Å². The van der Waals surface area contributed by atoms with Crippen LogP contribution in [0.1, 0.15) is 21.5 Å². The van der Waals surface area contributed by atoms with E-state index in [0.29, 0.717) is 26.2 Å². The van der Waals surface area contributed by atoms with Crippen LogP contribution in [0.5, 0.6) is 0 Å². The van der Waals surface area contributed by atoms with Crippen molar-refractivity contribution in [2.24, 2.45) is 0 Å². The highest BCUT2D eigenvalue weighted by atomic mass is 16.6. The highest BCUT2D eigenvalue weighted by molar-refractivity contribution is 5.95. The van der Waals surface area contributed by atoms with E-state index >= 15 is 0 Å². The fourth-order valence-corrected chi connectivity index (χ4v) is 3.25. The Kier molecular flexibility index (Phi) is 5.65. The SMILES string of the molecule is Cc1ccccc1CN1CCN(C(=O)c2cc([N+](=O)[O-])cc([N+](=O)[O-])c2)CC1. The quantitative estimate of drug-likeness (QED) is 0.579. The molecule has 0 unspecified atom stereocenters. The number of nitro benzene ring substituents is 2. The second-order valence-corrected chi connectivity index (χ2v) is 6.75. The summed E-state index contributed by atoms with van der Waals surface area (Å²) in [5.41, 5.74) is 1.49. The molecule has 0 N–H and O–H groups in total. The molecular weight excluding hydrogens is 364 g/mol. The van der Waals surface area contributed by atoms with Gasteiger partial charge in [-0.25, -0.2) is 0 Å². The van der Waals surface area contributed by atoms with Gasteiger partial charge in [-0.1, -0.05) is 24.3 Å². The Morgan fingerprint density at radius 1 is 0.964 bits per heavy atom. The molecule has 9 heteroatoms. The topological polar surface area (TPSA) is 110 Å². The zero-order valence-corrected chi connectivity index (χ0v) is 15.4. The van der Waals surface area contributed by atoms with Crippen LogP contribution in [0.2, 0.25) is 0 Å². The molecule has 28 heavy (non-hydrogen) atoms. The summed E-state index contributed by atoms with van der Waals surface area (Å²) in [6, 6.07) is 11.2. The second-order valence-electron chi connectivity index (χ2n) is 6.75. The molecule has 2 aromatic rings. The molecule has 1 aliphatic rings. The fourth-order valence-electron chi connectivity index (χ4n) is 3.25. The van der Waals surface area contributed by atoms with Gasteiger partial charge in [-0.15, -0.1) is 0 Å². The molecule has 0 radical (unpaired) electrons. The number of carbonyl (C=O) groups excluding carboxylic acids is 1. The standard InChI is InChI=1S/C19H20N4O5/c1-14-4-2-3-5-15(14)13-20-6-8-21(9-7-20)19(24)16-10-17(22(25)26)12-18(11-16)23(27)28/h2-5,10-12H,6-9,13H2,1H3. The number of nitrogens with zero attached hydrogens (tertiary/aromatic N) is 4. The van der Waals surface area contributed by atoms with Crippen molar-refractivity contribution in [1.82, 2.24) is 9.80 Å². The predicted octanol–water partition coefficient (Wildman–Crippen LogP) is 2.77. The average molecular weight is 384 g/mol. The lowest BCUT2D eigenvalue weighted by molar-refractivity contribution is -0.394. The van der Waals surface area contributed by atoms with Crippen molar-refractivity contribution in [2.75, 3.05) is 26.2 Å². The van der Waals surface area contributed by atoms with Gasteiger partial charge >= 0.3 is 0 Å². The average Bonchev–Trinajstić information content (AvgIpc) is 2.69. The van der Waals surface area contributed by atoms with E-state index in [0.717, 1.165) is 24.7 Å². The highest BCUT2D eigenvalue weighted by Crippen LogP contribution is 2.24. The Morgan fingerprint density at radius 2 is 1.54 bits per heavy atom. The number of nitro groups is 2. The Morgan fingerprint density at radius 3 is 2.07 bits per heavy atom. The molecule has 0 atom stereocenters. The lowest BCUT2D eigenvalue weighted by atomic mass is 10.1. The Bertz CT molecular complexity index is 890. The van der Waals surface area contributed by atoms with Crippen molar-refractivity contribution in [3.63, 3.8) is 0 Å². The van der Waals surface area contributed by atoms with Crippen molar-refractivity contribution < 1.29 is 14.6 Å². The van der Waals surface area contributed by atoms with Crippen LogP contribution in [0.4, 0.5) is 11.4 Å². The van der Waals surface area contributed by atoms with Crippen LogP contribution in [-0.4, -0.2) is 51.7 Å². The van der Waals surface area contributed by atoms with Gasteiger partial charge in [0.15, 0.2) is 0 Å². The first-order valence-corrected chi connectivity index (χ1v) is 8.85. The van der Waals surface area contributed by atoms with Crippen LogP contribution < -0.4 is 0 Å². The van der Waals surface area contributed by atoms with Crippen molar-refractivity contribution in [2.45, 2.75) is 13.5 Å². The number of non-ortho nitro benzene ring substituents is 2. The number of hydrogen-bond donors (Lipinski definition) is 0. The third kappa shape index (κ3) is 4.32. The summed E-state index contributed by atoms with van der Waals surface area (Å²) >= 11 is 0. The number of carbonyl (C=O) groups is 1. The molecule has 1 aliphatic heterocycles. The van der Waals surface area contributed by atoms with Crippen molar-refractivity contribution >= 4 is 17.3 Å². The molecule has 146 valence electrons. The first-order chi connectivity index (χ1) is 13.3. The van der Waals surface area contributed by atoms with E-state index in [1.54, 1.807) is 4.90 Å². The summed E-state index contributed by atoms with van der Waals surface area (Å²) in [6.07, 6.45) is 0. The molecule has 0 bridgehead atoms. The molecule has 1 fully saturated rings. The normalized spacial score (nSPS) is 14.7. The van der Waals surface area contributed by atoms with Gasteiger partial charge in [-0.3, -0.25) is 29.9 Å². The summed E-state index contributed by atoms with van der Waals surface area (Å²) in [7, 11) is 0. The lowest BCUT2D eigenvalue weighted by Crippen LogP contribution is -2.48. The van der Waals surface area contributed by atoms with Gasteiger partial charge in [-0.05, 0) is 18.1 Å². The zero-order valence-electron chi connectivity index (χ0n) is 15.4. The minimum Gasteiger partial charge on any atom is -0.336 e. The lowest BCUT2D eigenvalue weighted by Gasteiger charge is -2.35. The van der Waals surface area contributed by atoms with Gasteiger partial charge in [0, 0.05) is 44.9 Å². The predicted molar refractivity (Wildman–Crippen MR) is 102 cm³/mol. The molecule has 2 aromatic carbocycles. The van der Waals surface area contributed by atoms with Crippen molar-refractivity contribution in [3.8, 4) is 0 Å². The molecule has 0 spiro atoms. The minimum absolute atomic E-state index is 0.0340. The Labute approximate surface area is 161 Å². The summed E-state index contributed by atoms with van der Waals surface area (Å²) in [4.78, 5) is 37.1. The monoisotopic (exact) mass is 384 g/mol. The van der Waals surface area contributed by atoms with Crippen LogP contribution in [0, 0.1) is 27.2 Å². The number of amides is 1. The van der Waals surface area contributed by atoms with E-state index in [2.05, 4.69) is 24.0 Å². The van der Waals surface area contributed by atoms with E-state index in [-0.39, 0.29) is 5.56 Å². The Hall–Kier alpha value is -3.33. The molecule has 0 saturated carbocycles. The Balaban J connectivity index is 1.69. The smallest absolute Gasteiger partial charge is 0.277 e. The highest BCUT2D eigenvalue weighted by Gasteiger charge is 2.26. The summed E-state index contributed by atoms with van der Waals surface area (Å²) in [5.74, 6) is -0.428. The largest absolute Gasteiger partial charge is 0.336 e. The van der Waals surface area contributed by atoms with Crippen LogP contribution in [0.15, 0.2) is 42.5 Å². The first kappa shape index (κ1) is 19.4. The van der Waals surface area contributed by atoms with E-state index < -0.39 is 27.1 Å². The first-order valence-electron chi connectivity index (χ1n) is 8.85. The summed E-state index contributed by atoms with van der Waals surface area (Å²) in [6.45, 7) is 5.10. The van der Waals surface area contributed by atoms with Crippen LogP contribution >= 0.6 is 0 Å². The van der Waals surface area contributed by atoms with E-state index in [1.165, 1.54) is 11.1 Å². The third-order valence-corrected chi connectivity index (χ3v) is 4.89.